The highest BCUT2D eigenvalue weighted by Crippen LogP contribution is 2.28. The molecule has 4 nitrogen and oxygen atoms in total. The molecule has 2 aromatic rings. The van der Waals surface area contributed by atoms with E-state index in [0.29, 0.717) is 11.7 Å². The monoisotopic (exact) mass is 377 g/mol. The van der Waals surface area contributed by atoms with Crippen LogP contribution in [0.15, 0.2) is 20.4 Å². The molecule has 0 amide bonds. The van der Waals surface area contributed by atoms with Gasteiger partial charge in [-0.2, -0.15) is 4.98 Å². The maximum absolute atomic E-state index is 5.38. The Bertz CT molecular complexity index is 537. The van der Waals surface area contributed by atoms with Gasteiger partial charge in [0.15, 0.2) is 0 Å². The number of rotatable bonds is 3. The Hall–Kier alpha value is -0.430. The van der Waals surface area contributed by atoms with Crippen molar-refractivity contribution in [3.63, 3.8) is 0 Å². The van der Waals surface area contributed by atoms with Crippen LogP contribution in [0.3, 0.4) is 0 Å². The van der Waals surface area contributed by atoms with Crippen LogP contribution in [-0.2, 0) is 6.42 Å². The molecular formula is C13H17BrClN3OS. The summed E-state index contributed by atoms with van der Waals surface area (Å²) in [6, 6.07) is 2.02. The van der Waals surface area contributed by atoms with E-state index in [1.807, 2.05) is 11.4 Å². The third kappa shape index (κ3) is 4.04. The molecule has 0 radical (unpaired) electrons. The van der Waals surface area contributed by atoms with Crippen LogP contribution in [0.25, 0.3) is 10.7 Å². The minimum Gasteiger partial charge on any atom is -0.339 e. The molecule has 1 saturated heterocycles. The molecule has 1 aliphatic rings. The average molecular weight is 379 g/mol. The van der Waals surface area contributed by atoms with Gasteiger partial charge in [0, 0.05) is 16.3 Å². The summed E-state index contributed by atoms with van der Waals surface area (Å²) in [6.45, 7) is 2.23. The van der Waals surface area contributed by atoms with Crippen molar-refractivity contribution in [2.24, 2.45) is 5.92 Å². The van der Waals surface area contributed by atoms with Crippen molar-refractivity contribution >= 4 is 39.7 Å². The fourth-order valence-electron chi connectivity index (χ4n) is 2.41. The lowest BCUT2D eigenvalue weighted by Crippen LogP contribution is -2.14. The van der Waals surface area contributed by atoms with Crippen LogP contribution in [0.5, 0.6) is 0 Å². The lowest BCUT2D eigenvalue weighted by molar-refractivity contribution is 0.341. The van der Waals surface area contributed by atoms with Crippen LogP contribution in [0.4, 0.5) is 0 Å². The minimum atomic E-state index is 0. The van der Waals surface area contributed by atoms with Gasteiger partial charge in [-0.05, 0) is 60.3 Å². The molecule has 0 aliphatic carbocycles. The van der Waals surface area contributed by atoms with E-state index in [-0.39, 0.29) is 12.4 Å². The van der Waals surface area contributed by atoms with Crippen molar-refractivity contribution in [3.8, 4) is 10.7 Å². The summed E-state index contributed by atoms with van der Waals surface area (Å²) >= 11 is 5.07. The van der Waals surface area contributed by atoms with Crippen molar-refractivity contribution in [2.45, 2.75) is 25.7 Å². The maximum atomic E-state index is 5.38. The zero-order chi connectivity index (χ0) is 13.1. The molecular weight excluding hydrogens is 362 g/mol. The Morgan fingerprint density at radius 3 is 3.10 bits per heavy atom. The molecule has 1 unspecified atom stereocenters. The van der Waals surface area contributed by atoms with Crippen LogP contribution >= 0.6 is 39.7 Å². The predicted molar refractivity (Wildman–Crippen MR) is 86.5 cm³/mol. The Labute approximate surface area is 136 Å². The first-order valence-electron chi connectivity index (χ1n) is 6.59. The van der Waals surface area contributed by atoms with Crippen molar-refractivity contribution in [2.75, 3.05) is 13.1 Å². The number of aromatic nitrogens is 2. The molecule has 1 atom stereocenters. The third-order valence-electron chi connectivity index (χ3n) is 3.41. The number of hydrogen-bond donors (Lipinski definition) is 1. The largest absolute Gasteiger partial charge is 0.339 e. The van der Waals surface area contributed by atoms with Gasteiger partial charge in [-0.3, -0.25) is 0 Å². The molecule has 1 aliphatic heterocycles. The number of thiophene rings is 1. The van der Waals surface area contributed by atoms with Gasteiger partial charge in [-0.1, -0.05) is 5.16 Å². The summed E-state index contributed by atoms with van der Waals surface area (Å²) in [5.41, 5.74) is 0. The molecule has 0 saturated carbocycles. The van der Waals surface area contributed by atoms with Gasteiger partial charge >= 0.3 is 0 Å². The van der Waals surface area contributed by atoms with Gasteiger partial charge < -0.3 is 9.84 Å². The van der Waals surface area contributed by atoms with E-state index >= 15 is 0 Å². The molecule has 20 heavy (non-hydrogen) atoms. The van der Waals surface area contributed by atoms with Crippen LogP contribution in [0.1, 0.15) is 25.2 Å². The van der Waals surface area contributed by atoms with Gasteiger partial charge in [0.1, 0.15) is 0 Å². The summed E-state index contributed by atoms with van der Waals surface area (Å²) < 4.78 is 6.45. The number of hydrogen-bond acceptors (Lipinski definition) is 5. The van der Waals surface area contributed by atoms with Crippen molar-refractivity contribution in [3.05, 3.63) is 21.8 Å². The summed E-state index contributed by atoms with van der Waals surface area (Å²) in [6.07, 6.45) is 4.59. The van der Waals surface area contributed by atoms with Crippen LogP contribution in [0, 0.1) is 5.92 Å². The van der Waals surface area contributed by atoms with Crippen molar-refractivity contribution < 1.29 is 4.52 Å². The number of halogens is 2. The van der Waals surface area contributed by atoms with E-state index in [0.717, 1.165) is 34.8 Å². The molecule has 7 heteroatoms. The van der Waals surface area contributed by atoms with E-state index in [1.54, 1.807) is 11.3 Å². The zero-order valence-electron chi connectivity index (χ0n) is 11.0. The standard InChI is InChI=1S/C13H16BrN3OS.ClH/c14-10-7-11(19-8-10)13-16-12(18-17-13)6-9-2-1-4-15-5-3-9;/h7-9,15H,1-6H2;1H. The lowest BCUT2D eigenvalue weighted by atomic mass is 9.97. The highest BCUT2D eigenvalue weighted by atomic mass is 79.9. The normalized spacial score (nSPS) is 19.4. The Balaban J connectivity index is 0.00000147. The molecule has 110 valence electrons. The minimum absolute atomic E-state index is 0. The molecule has 3 rings (SSSR count). The summed E-state index contributed by atoms with van der Waals surface area (Å²) in [7, 11) is 0. The SMILES string of the molecule is Brc1csc(-c2noc(CC3CCCNCC3)n2)c1.Cl. The molecule has 2 aromatic heterocycles. The van der Waals surface area contributed by atoms with Crippen LogP contribution < -0.4 is 5.32 Å². The molecule has 0 spiro atoms. The average Bonchev–Trinajstić information content (AvgIpc) is 2.94. The van der Waals surface area contributed by atoms with Gasteiger partial charge in [-0.25, -0.2) is 0 Å². The quantitative estimate of drug-likeness (QED) is 0.879. The molecule has 1 N–H and O–H groups in total. The smallest absolute Gasteiger partial charge is 0.227 e. The van der Waals surface area contributed by atoms with Crippen LogP contribution in [0.2, 0.25) is 0 Å². The first kappa shape index (κ1) is 15.9. The zero-order valence-corrected chi connectivity index (χ0v) is 14.2. The van der Waals surface area contributed by atoms with Crippen molar-refractivity contribution in [1.82, 2.24) is 15.5 Å². The third-order valence-corrected chi connectivity index (χ3v) is 5.10. The summed E-state index contributed by atoms with van der Waals surface area (Å²) in [4.78, 5) is 5.56. The van der Waals surface area contributed by atoms with E-state index in [2.05, 4.69) is 31.4 Å². The highest BCUT2D eigenvalue weighted by Gasteiger charge is 2.17. The second-order valence-corrected chi connectivity index (χ2v) is 6.72. The fraction of sp³-hybridized carbons (Fsp3) is 0.538. The van der Waals surface area contributed by atoms with E-state index in [9.17, 15) is 0 Å². The van der Waals surface area contributed by atoms with E-state index < -0.39 is 0 Å². The topological polar surface area (TPSA) is 51.0 Å². The Morgan fingerprint density at radius 2 is 2.30 bits per heavy atom. The predicted octanol–water partition coefficient (Wildman–Crippen LogP) is 3.91. The summed E-state index contributed by atoms with van der Waals surface area (Å²) in [5, 5.41) is 9.53. The second kappa shape index (κ2) is 7.54. The van der Waals surface area contributed by atoms with E-state index in [4.69, 9.17) is 4.52 Å². The maximum Gasteiger partial charge on any atom is 0.227 e. The Morgan fingerprint density at radius 1 is 1.40 bits per heavy atom. The Kier molecular flexibility index (Phi) is 6.01. The van der Waals surface area contributed by atoms with Crippen molar-refractivity contribution in [1.29, 1.82) is 0 Å². The number of nitrogens with zero attached hydrogens (tertiary/aromatic N) is 2. The van der Waals surface area contributed by atoms with E-state index in [1.165, 1.54) is 19.3 Å². The second-order valence-electron chi connectivity index (χ2n) is 4.89. The fourth-order valence-corrected chi connectivity index (χ4v) is 3.76. The summed E-state index contributed by atoms with van der Waals surface area (Å²) in [5.74, 6) is 2.14. The molecule has 0 aromatic carbocycles. The van der Waals surface area contributed by atoms with Crippen LogP contribution in [-0.4, -0.2) is 23.2 Å². The molecule has 0 bridgehead atoms. The van der Waals surface area contributed by atoms with Gasteiger partial charge in [0.2, 0.25) is 11.7 Å². The van der Waals surface area contributed by atoms with Gasteiger partial charge in [0.05, 0.1) is 4.88 Å². The van der Waals surface area contributed by atoms with Gasteiger partial charge in [0.25, 0.3) is 0 Å². The lowest BCUT2D eigenvalue weighted by Gasteiger charge is -2.09. The van der Waals surface area contributed by atoms with Gasteiger partial charge in [-0.15, -0.1) is 23.7 Å². The first-order chi connectivity index (χ1) is 9.31. The first-order valence-corrected chi connectivity index (χ1v) is 8.26. The molecule has 1 fully saturated rings. The number of nitrogens with one attached hydrogen (secondary N) is 1. The highest BCUT2D eigenvalue weighted by molar-refractivity contribution is 9.10. The molecule has 3 heterocycles.